The summed E-state index contributed by atoms with van der Waals surface area (Å²) in [6.07, 6.45) is 0.267. The van der Waals surface area contributed by atoms with Crippen LogP contribution in [0.25, 0.3) is 0 Å². The minimum Gasteiger partial charge on any atom is -0.390 e. The Bertz CT molecular complexity index is 357. The summed E-state index contributed by atoms with van der Waals surface area (Å²) >= 11 is 0. The average molecular weight is 248 g/mol. The van der Waals surface area contributed by atoms with Crippen LogP contribution in [0.4, 0.5) is 0 Å². The topological polar surface area (TPSA) is 83.6 Å². The van der Waals surface area contributed by atoms with Crippen molar-refractivity contribution in [3.8, 4) is 0 Å². The molecule has 0 spiro atoms. The maximum absolute atomic E-state index is 11.5. The van der Waals surface area contributed by atoms with Gasteiger partial charge in [-0.3, -0.25) is 4.90 Å². The molecule has 2 fully saturated rings. The molecule has 2 aliphatic heterocycles. The molecule has 2 aliphatic rings. The second-order valence-corrected chi connectivity index (χ2v) is 7.25. The van der Waals surface area contributed by atoms with Crippen molar-refractivity contribution in [2.45, 2.75) is 31.5 Å². The first-order valence-corrected chi connectivity index (χ1v) is 7.59. The van der Waals surface area contributed by atoms with E-state index in [1.807, 2.05) is 0 Å². The fraction of sp³-hybridized carbons (Fsp3) is 1.00. The van der Waals surface area contributed by atoms with E-state index in [9.17, 15) is 13.5 Å². The van der Waals surface area contributed by atoms with E-state index in [2.05, 4.69) is 11.8 Å². The van der Waals surface area contributed by atoms with Gasteiger partial charge in [-0.2, -0.15) is 0 Å². The number of hydrogen-bond donors (Lipinski definition) is 2. The van der Waals surface area contributed by atoms with Gasteiger partial charge in [0.15, 0.2) is 9.84 Å². The van der Waals surface area contributed by atoms with Gasteiger partial charge in [0.25, 0.3) is 0 Å². The smallest absolute Gasteiger partial charge is 0.154 e. The SMILES string of the molecule is CC1CC(CN)CN1C1CS(=O)(=O)CC1O. The first-order valence-electron chi connectivity index (χ1n) is 5.77. The fourth-order valence-electron chi connectivity index (χ4n) is 2.93. The van der Waals surface area contributed by atoms with Crippen LogP contribution >= 0.6 is 0 Å². The van der Waals surface area contributed by atoms with Crippen LogP contribution in [0, 0.1) is 5.92 Å². The number of nitrogens with zero attached hydrogens (tertiary/aromatic N) is 1. The molecule has 4 unspecified atom stereocenters. The highest BCUT2D eigenvalue weighted by Crippen LogP contribution is 2.29. The highest BCUT2D eigenvalue weighted by Gasteiger charge is 2.44. The molecule has 5 nitrogen and oxygen atoms in total. The maximum atomic E-state index is 11.5. The molecule has 0 saturated carbocycles. The third-order valence-corrected chi connectivity index (χ3v) is 5.46. The van der Waals surface area contributed by atoms with Crippen molar-refractivity contribution in [3.63, 3.8) is 0 Å². The number of sulfone groups is 1. The van der Waals surface area contributed by atoms with E-state index >= 15 is 0 Å². The highest BCUT2D eigenvalue weighted by atomic mass is 32.2. The summed E-state index contributed by atoms with van der Waals surface area (Å²) in [5.41, 5.74) is 5.64. The Kier molecular flexibility index (Phi) is 3.27. The molecule has 2 saturated heterocycles. The molecule has 3 N–H and O–H groups in total. The van der Waals surface area contributed by atoms with Gasteiger partial charge in [0.05, 0.1) is 23.7 Å². The lowest BCUT2D eigenvalue weighted by Gasteiger charge is -2.29. The standard InChI is InChI=1S/C10H20N2O3S/c1-7-2-8(3-11)4-12(7)9-5-16(14,15)6-10(9)13/h7-10,13H,2-6,11H2,1H3. The van der Waals surface area contributed by atoms with E-state index in [0.29, 0.717) is 18.5 Å². The molecule has 16 heavy (non-hydrogen) atoms. The molecule has 4 atom stereocenters. The Hall–Kier alpha value is -0.170. The van der Waals surface area contributed by atoms with Gasteiger partial charge in [-0.25, -0.2) is 8.42 Å². The number of likely N-dealkylation sites (tertiary alicyclic amines) is 1. The van der Waals surface area contributed by atoms with Crippen molar-refractivity contribution < 1.29 is 13.5 Å². The van der Waals surface area contributed by atoms with Crippen molar-refractivity contribution in [2.24, 2.45) is 11.7 Å². The van der Waals surface area contributed by atoms with Crippen LogP contribution in [-0.2, 0) is 9.84 Å². The van der Waals surface area contributed by atoms with E-state index < -0.39 is 15.9 Å². The van der Waals surface area contributed by atoms with Crippen LogP contribution in [0.5, 0.6) is 0 Å². The minimum absolute atomic E-state index is 0.0891. The Morgan fingerprint density at radius 3 is 2.56 bits per heavy atom. The molecule has 0 amide bonds. The summed E-state index contributed by atoms with van der Waals surface area (Å²) in [6.45, 7) is 3.53. The Labute approximate surface area is 96.5 Å². The molecule has 0 aromatic carbocycles. The van der Waals surface area contributed by atoms with Crippen molar-refractivity contribution in [1.82, 2.24) is 4.90 Å². The van der Waals surface area contributed by atoms with Crippen molar-refractivity contribution >= 4 is 9.84 Å². The maximum Gasteiger partial charge on any atom is 0.154 e. The van der Waals surface area contributed by atoms with Gasteiger partial charge in [0.2, 0.25) is 0 Å². The summed E-state index contributed by atoms with van der Waals surface area (Å²) < 4.78 is 22.9. The summed E-state index contributed by atoms with van der Waals surface area (Å²) in [7, 11) is -3.05. The quantitative estimate of drug-likeness (QED) is 0.642. The van der Waals surface area contributed by atoms with Gasteiger partial charge < -0.3 is 10.8 Å². The third-order valence-electron chi connectivity index (χ3n) is 3.76. The second kappa shape index (κ2) is 4.25. The zero-order chi connectivity index (χ0) is 11.9. The molecule has 0 aromatic heterocycles. The highest BCUT2D eigenvalue weighted by molar-refractivity contribution is 7.91. The minimum atomic E-state index is -3.05. The van der Waals surface area contributed by atoms with Gasteiger partial charge in [0.1, 0.15) is 0 Å². The second-order valence-electron chi connectivity index (χ2n) is 5.09. The zero-order valence-corrected chi connectivity index (χ0v) is 10.4. The Morgan fingerprint density at radius 1 is 1.44 bits per heavy atom. The lowest BCUT2D eigenvalue weighted by molar-refractivity contribution is 0.0778. The van der Waals surface area contributed by atoms with Crippen LogP contribution in [0.1, 0.15) is 13.3 Å². The molecule has 0 radical (unpaired) electrons. The van der Waals surface area contributed by atoms with Crippen LogP contribution in [0.2, 0.25) is 0 Å². The van der Waals surface area contributed by atoms with Crippen LogP contribution < -0.4 is 5.73 Å². The molecule has 94 valence electrons. The molecule has 6 heteroatoms. The van der Waals surface area contributed by atoms with Crippen molar-refractivity contribution in [3.05, 3.63) is 0 Å². The third kappa shape index (κ3) is 2.25. The molecule has 0 aromatic rings. The normalized spacial score (nSPS) is 43.9. The van der Waals surface area contributed by atoms with Gasteiger partial charge >= 0.3 is 0 Å². The number of rotatable bonds is 2. The largest absolute Gasteiger partial charge is 0.390 e. The number of aliphatic hydroxyl groups excluding tert-OH is 1. The van der Waals surface area contributed by atoms with E-state index in [4.69, 9.17) is 5.73 Å². The van der Waals surface area contributed by atoms with E-state index in [1.165, 1.54) is 0 Å². The van der Waals surface area contributed by atoms with Crippen LogP contribution in [0.15, 0.2) is 0 Å². The lowest BCUT2D eigenvalue weighted by atomic mass is 10.1. The van der Waals surface area contributed by atoms with Crippen molar-refractivity contribution in [2.75, 3.05) is 24.6 Å². The number of aliphatic hydroxyl groups is 1. The summed E-state index contributed by atoms with van der Waals surface area (Å²) in [4.78, 5) is 2.12. The molecule has 2 heterocycles. The van der Waals surface area contributed by atoms with E-state index in [-0.39, 0.29) is 17.5 Å². The van der Waals surface area contributed by atoms with Crippen molar-refractivity contribution in [1.29, 1.82) is 0 Å². The fourth-order valence-corrected chi connectivity index (χ4v) is 4.74. The average Bonchev–Trinajstić information content (AvgIpc) is 2.66. The zero-order valence-electron chi connectivity index (χ0n) is 9.54. The lowest BCUT2D eigenvalue weighted by Crippen LogP contribution is -2.45. The molecule has 0 aliphatic carbocycles. The first-order chi connectivity index (χ1) is 7.43. The van der Waals surface area contributed by atoms with E-state index in [1.54, 1.807) is 0 Å². The molecular weight excluding hydrogens is 228 g/mol. The van der Waals surface area contributed by atoms with E-state index in [0.717, 1.165) is 13.0 Å². The predicted molar refractivity (Wildman–Crippen MR) is 61.8 cm³/mol. The van der Waals surface area contributed by atoms with Gasteiger partial charge in [-0.05, 0) is 25.8 Å². The molecular formula is C10H20N2O3S. The van der Waals surface area contributed by atoms with Gasteiger partial charge in [-0.15, -0.1) is 0 Å². The number of hydrogen-bond acceptors (Lipinski definition) is 5. The monoisotopic (exact) mass is 248 g/mol. The first kappa shape index (κ1) is 12.3. The number of nitrogens with two attached hydrogens (primary N) is 1. The van der Waals surface area contributed by atoms with Gasteiger partial charge in [0, 0.05) is 12.6 Å². The predicted octanol–water partition coefficient (Wildman–Crippen LogP) is -1.19. The Morgan fingerprint density at radius 2 is 2.12 bits per heavy atom. The van der Waals surface area contributed by atoms with Crippen LogP contribution in [0.3, 0.4) is 0 Å². The van der Waals surface area contributed by atoms with Crippen LogP contribution in [-0.4, -0.2) is 61.2 Å². The Balaban J connectivity index is 2.09. The summed E-state index contributed by atoms with van der Waals surface area (Å²) in [6, 6.07) is 0.0954. The molecule has 0 bridgehead atoms. The van der Waals surface area contributed by atoms with Gasteiger partial charge in [-0.1, -0.05) is 0 Å². The summed E-state index contributed by atoms with van der Waals surface area (Å²) in [5, 5.41) is 9.81. The summed E-state index contributed by atoms with van der Waals surface area (Å²) in [5.74, 6) is 0.440. The molecule has 2 rings (SSSR count).